The third-order valence-corrected chi connectivity index (χ3v) is 6.07. The molecule has 2 amide bonds. The highest BCUT2D eigenvalue weighted by Crippen LogP contribution is 2.29. The molecule has 1 atom stereocenters. The van der Waals surface area contributed by atoms with Crippen LogP contribution in [-0.2, 0) is 12.8 Å². The third kappa shape index (κ3) is 5.18. The van der Waals surface area contributed by atoms with Crippen LogP contribution in [-0.4, -0.2) is 42.1 Å². The summed E-state index contributed by atoms with van der Waals surface area (Å²) in [5.74, 6) is 0.840. The topological polar surface area (TPSA) is 57.3 Å². The van der Waals surface area contributed by atoms with Gasteiger partial charge in [0.05, 0.1) is 5.69 Å². The number of anilines is 1. The molecule has 134 valence electrons. The van der Waals surface area contributed by atoms with E-state index in [-0.39, 0.29) is 6.03 Å². The summed E-state index contributed by atoms with van der Waals surface area (Å²) < 4.78 is 0. The monoisotopic (exact) mass is 350 g/mol. The van der Waals surface area contributed by atoms with Crippen molar-refractivity contribution in [3.8, 4) is 0 Å². The standard InChI is InChI=1S/C18H30N4OS/c1-14-7-6-12-22(13-14)11-5-4-10-19-17(23)21-18-20-15-8-2-3-9-16(15)24-18/h14H,2-13H2,1H3,(H2,19,20,21,23). The molecule has 0 spiro atoms. The van der Waals surface area contributed by atoms with Gasteiger partial charge in [-0.2, -0.15) is 0 Å². The zero-order chi connectivity index (χ0) is 16.8. The van der Waals surface area contributed by atoms with E-state index >= 15 is 0 Å². The molecule has 1 aliphatic carbocycles. The largest absolute Gasteiger partial charge is 0.338 e. The maximum absolute atomic E-state index is 12.0. The Kier molecular flexibility index (Phi) is 6.49. The first-order chi connectivity index (χ1) is 11.7. The molecule has 1 aliphatic heterocycles. The molecule has 24 heavy (non-hydrogen) atoms. The second-order valence-electron chi connectivity index (χ2n) is 7.23. The molecular weight excluding hydrogens is 320 g/mol. The molecule has 0 aromatic carbocycles. The first-order valence-electron chi connectivity index (χ1n) is 9.46. The number of unbranched alkanes of at least 4 members (excludes halogenated alkanes) is 1. The van der Waals surface area contributed by atoms with Crippen LogP contribution in [0.15, 0.2) is 0 Å². The number of hydrogen-bond acceptors (Lipinski definition) is 4. The molecule has 6 heteroatoms. The SMILES string of the molecule is CC1CCCN(CCCCNC(=O)Nc2nc3c(s2)CCCC3)C1. The van der Waals surface area contributed by atoms with Crippen molar-refractivity contribution in [1.82, 2.24) is 15.2 Å². The van der Waals surface area contributed by atoms with Gasteiger partial charge >= 0.3 is 6.03 Å². The number of aryl methyl sites for hydroxylation is 2. The van der Waals surface area contributed by atoms with Crippen molar-refractivity contribution in [2.75, 3.05) is 31.5 Å². The van der Waals surface area contributed by atoms with E-state index in [1.165, 1.54) is 49.3 Å². The normalized spacial score (nSPS) is 21.3. The van der Waals surface area contributed by atoms with Gasteiger partial charge in [-0.1, -0.05) is 6.92 Å². The molecule has 1 unspecified atom stereocenters. The predicted molar refractivity (Wildman–Crippen MR) is 99.8 cm³/mol. The summed E-state index contributed by atoms with van der Waals surface area (Å²) in [5.41, 5.74) is 1.19. The maximum atomic E-state index is 12.0. The van der Waals surface area contributed by atoms with Crippen molar-refractivity contribution in [3.05, 3.63) is 10.6 Å². The van der Waals surface area contributed by atoms with E-state index in [9.17, 15) is 4.79 Å². The Hall–Kier alpha value is -1.14. The molecule has 0 radical (unpaired) electrons. The van der Waals surface area contributed by atoms with Gasteiger partial charge in [-0.25, -0.2) is 9.78 Å². The van der Waals surface area contributed by atoms with E-state index in [4.69, 9.17) is 0 Å². The number of hydrogen-bond donors (Lipinski definition) is 2. The zero-order valence-corrected chi connectivity index (χ0v) is 15.6. The molecule has 1 aromatic heterocycles. The molecular formula is C18H30N4OS. The minimum Gasteiger partial charge on any atom is -0.338 e. The molecule has 1 fully saturated rings. The van der Waals surface area contributed by atoms with Gasteiger partial charge in [-0.15, -0.1) is 11.3 Å². The van der Waals surface area contributed by atoms with Crippen molar-refractivity contribution in [2.24, 2.45) is 5.92 Å². The van der Waals surface area contributed by atoms with Gasteiger partial charge in [0.2, 0.25) is 0 Å². The van der Waals surface area contributed by atoms with Crippen LogP contribution in [0.3, 0.4) is 0 Å². The number of nitrogens with one attached hydrogen (secondary N) is 2. The number of rotatable bonds is 6. The van der Waals surface area contributed by atoms with Crippen LogP contribution in [0.1, 0.15) is 56.0 Å². The minimum absolute atomic E-state index is 0.118. The Morgan fingerprint density at radius 2 is 2.17 bits per heavy atom. The third-order valence-electron chi connectivity index (χ3n) is 4.99. The van der Waals surface area contributed by atoms with Gasteiger partial charge in [0, 0.05) is 18.0 Å². The first kappa shape index (κ1) is 17.7. The summed E-state index contributed by atoms with van der Waals surface area (Å²) in [6, 6.07) is -0.118. The van der Waals surface area contributed by atoms with Crippen molar-refractivity contribution in [3.63, 3.8) is 0 Å². The summed E-state index contributed by atoms with van der Waals surface area (Å²) >= 11 is 1.64. The molecule has 2 aliphatic rings. The maximum Gasteiger partial charge on any atom is 0.321 e. The van der Waals surface area contributed by atoms with E-state index in [0.717, 1.165) is 49.8 Å². The lowest BCUT2D eigenvalue weighted by atomic mass is 10.0. The minimum atomic E-state index is -0.118. The Labute approximate surface area is 149 Å². The molecule has 0 bridgehead atoms. The molecule has 2 heterocycles. The highest BCUT2D eigenvalue weighted by atomic mass is 32.1. The average Bonchev–Trinajstić information content (AvgIpc) is 2.96. The van der Waals surface area contributed by atoms with Crippen LogP contribution in [0.2, 0.25) is 0 Å². The number of carbonyl (C=O) groups excluding carboxylic acids is 1. The highest BCUT2D eigenvalue weighted by molar-refractivity contribution is 7.15. The summed E-state index contributed by atoms with van der Waals surface area (Å²) in [4.78, 5) is 20.4. The van der Waals surface area contributed by atoms with Crippen molar-refractivity contribution >= 4 is 22.5 Å². The number of thiazole rings is 1. The zero-order valence-electron chi connectivity index (χ0n) is 14.8. The highest BCUT2D eigenvalue weighted by Gasteiger charge is 2.17. The number of amides is 2. The number of nitrogens with zero attached hydrogens (tertiary/aromatic N) is 2. The lowest BCUT2D eigenvalue weighted by molar-refractivity contribution is 0.181. The lowest BCUT2D eigenvalue weighted by Gasteiger charge is -2.30. The van der Waals surface area contributed by atoms with E-state index in [1.807, 2.05) is 0 Å². The van der Waals surface area contributed by atoms with Crippen molar-refractivity contribution in [1.29, 1.82) is 0 Å². The first-order valence-corrected chi connectivity index (χ1v) is 10.3. The van der Waals surface area contributed by atoms with Crippen LogP contribution in [0.4, 0.5) is 9.93 Å². The Bertz CT molecular complexity index is 522. The van der Waals surface area contributed by atoms with Gasteiger partial charge in [0.15, 0.2) is 5.13 Å². The molecule has 2 N–H and O–H groups in total. The Morgan fingerprint density at radius 3 is 3.00 bits per heavy atom. The summed E-state index contributed by atoms with van der Waals surface area (Å²) in [7, 11) is 0. The number of piperidine rings is 1. The molecule has 3 rings (SSSR count). The van der Waals surface area contributed by atoms with Gasteiger partial charge < -0.3 is 10.2 Å². The van der Waals surface area contributed by atoms with Crippen molar-refractivity contribution in [2.45, 2.75) is 58.3 Å². The average molecular weight is 351 g/mol. The quantitative estimate of drug-likeness (QED) is 0.770. The molecule has 5 nitrogen and oxygen atoms in total. The Morgan fingerprint density at radius 1 is 1.29 bits per heavy atom. The molecule has 1 saturated heterocycles. The number of aromatic nitrogens is 1. The van der Waals surface area contributed by atoms with Gasteiger partial charge in [0.25, 0.3) is 0 Å². The number of carbonyl (C=O) groups is 1. The van der Waals surface area contributed by atoms with E-state index < -0.39 is 0 Å². The van der Waals surface area contributed by atoms with E-state index in [1.54, 1.807) is 11.3 Å². The summed E-state index contributed by atoms with van der Waals surface area (Å²) in [6.45, 7) is 6.72. The van der Waals surface area contributed by atoms with Gasteiger partial charge in [-0.05, 0) is 70.4 Å². The van der Waals surface area contributed by atoms with Crippen LogP contribution < -0.4 is 10.6 Å². The summed E-state index contributed by atoms with van der Waals surface area (Å²) in [5, 5.41) is 6.60. The molecule has 0 saturated carbocycles. The van der Waals surface area contributed by atoms with E-state index in [2.05, 4.69) is 27.4 Å². The second kappa shape index (κ2) is 8.81. The predicted octanol–water partition coefficient (Wildman–Crippen LogP) is 3.66. The van der Waals surface area contributed by atoms with Crippen LogP contribution >= 0.6 is 11.3 Å². The molecule has 1 aromatic rings. The van der Waals surface area contributed by atoms with Crippen LogP contribution in [0, 0.1) is 5.92 Å². The lowest BCUT2D eigenvalue weighted by Crippen LogP contribution is -2.35. The Balaban J connectivity index is 1.29. The number of fused-ring (bicyclic) bond motifs is 1. The fourth-order valence-corrected chi connectivity index (χ4v) is 4.74. The van der Waals surface area contributed by atoms with Crippen LogP contribution in [0.25, 0.3) is 0 Å². The smallest absolute Gasteiger partial charge is 0.321 e. The van der Waals surface area contributed by atoms with Gasteiger partial charge in [0.1, 0.15) is 0 Å². The number of likely N-dealkylation sites (tertiary alicyclic amines) is 1. The fourth-order valence-electron chi connectivity index (χ4n) is 3.70. The van der Waals surface area contributed by atoms with Crippen molar-refractivity contribution < 1.29 is 4.79 Å². The fraction of sp³-hybridized carbons (Fsp3) is 0.778. The van der Waals surface area contributed by atoms with Crippen LogP contribution in [0.5, 0.6) is 0 Å². The van der Waals surface area contributed by atoms with E-state index in [0.29, 0.717) is 0 Å². The number of urea groups is 1. The second-order valence-corrected chi connectivity index (χ2v) is 8.32. The van der Waals surface area contributed by atoms with Gasteiger partial charge in [-0.3, -0.25) is 5.32 Å². The summed E-state index contributed by atoms with van der Waals surface area (Å²) in [6.07, 6.45) is 9.54.